The van der Waals surface area contributed by atoms with Gasteiger partial charge in [-0.1, -0.05) is 109 Å². The van der Waals surface area contributed by atoms with Crippen LogP contribution in [0, 0.1) is 0 Å². The highest BCUT2D eigenvalue weighted by atomic mass is 32.2. The lowest BCUT2D eigenvalue weighted by molar-refractivity contribution is -0.306. The van der Waals surface area contributed by atoms with Crippen molar-refractivity contribution in [2.75, 3.05) is 6.61 Å². The Morgan fingerprint density at radius 1 is 0.658 bits per heavy atom. The molecule has 2 aliphatic rings. The van der Waals surface area contributed by atoms with E-state index < -0.39 is 6.29 Å². The van der Waals surface area contributed by atoms with Gasteiger partial charge in [0, 0.05) is 15.4 Å². The zero-order valence-corrected chi connectivity index (χ0v) is 22.5. The minimum atomic E-state index is -0.454. The van der Waals surface area contributed by atoms with Crippen LogP contribution in [0.5, 0.6) is 0 Å². The molecule has 194 valence electrons. The fourth-order valence-electron chi connectivity index (χ4n) is 4.79. The molecule has 2 saturated heterocycles. The minimum absolute atomic E-state index is 0.0120. The Balaban J connectivity index is 1.33. The van der Waals surface area contributed by atoms with Crippen LogP contribution in [0.15, 0.2) is 131 Å². The van der Waals surface area contributed by atoms with E-state index in [1.807, 2.05) is 60.7 Å². The molecule has 0 saturated carbocycles. The average molecular weight is 543 g/mol. The van der Waals surface area contributed by atoms with Gasteiger partial charge in [-0.05, 0) is 29.8 Å². The molecule has 0 N–H and O–H groups in total. The van der Waals surface area contributed by atoms with Crippen LogP contribution in [-0.2, 0) is 25.6 Å². The maximum Gasteiger partial charge on any atom is 0.184 e. The lowest BCUT2D eigenvalue weighted by atomic mass is 10.00. The molecule has 4 nitrogen and oxygen atoms in total. The number of hydrogen-bond acceptors (Lipinski definition) is 6. The smallest absolute Gasteiger partial charge is 0.184 e. The number of fused-ring (bicyclic) bond motifs is 1. The maximum atomic E-state index is 6.78. The van der Waals surface area contributed by atoms with E-state index in [1.165, 1.54) is 4.90 Å². The van der Waals surface area contributed by atoms with Crippen LogP contribution in [0.4, 0.5) is 0 Å². The third-order valence-electron chi connectivity index (χ3n) is 6.65. The van der Waals surface area contributed by atoms with Gasteiger partial charge in [0.1, 0.15) is 23.7 Å². The zero-order chi connectivity index (χ0) is 25.6. The van der Waals surface area contributed by atoms with Crippen molar-refractivity contribution in [3.63, 3.8) is 0 Å². The number of benzene rings is 4. The van der Waals surface area contributed by atoms with E-state index in [-0.39, 0.29) is 29.0 Å². The van der Waals surface area contributed by atoms with Crippen LogP contribution in [0.1, 0.15) is 17.4 Å². The number of ether oxygens (including phenoxy) is 4. The van der Waals surface area contributed by atoms with Gasteiger partial charge in [-0.3, -0.25) is 0 Å². The van der Waals surface area contributed by atoms with E-state index in [4.69, 9.17) is 18.9 Å². The molecule has 4 aromatic carbocycles. The van der Waals surface area contributed by atoms with E-state index in [0.717, 1.165) is 16.0 Å². The van der Waals surface area contributed by atoms with Gasteiger partial charge in [0.05, 0.1) is 18.5 Å². The summed E-state index contributed by atoms with van der Waals surface area (Å²) < 4.78 is 26.4. The third kappa shape index (κ3) is 6.18. The summed E-state index contributed by atoms with van der Waals surface area (Å²) in [6.07, 6.45) is -1.17. The van der Waals surface area contributed by atoms with Crippen molar-refractivity contribution in [2.45, 2.75) is 51.7 Å². The molecule has 0 aliphatic carbocycles. The second kappa shape index (κ2) is 12.5. The van der Waals surface area contributed by atoms with E-state index in [1.54, 1.807) is 23.5 Å². The summed E-state index contributed by atoms with van der Waals surface area (Å²) in [4.78, 5) is 2.34. The van der Waals surface area contributed by atoms with Crippen molar-refractivity contribution < 1.29 is 18.9 Å². The molecule has 0 bridgehead atoms. The Labute approximate surface area is 232 Å². The number of hydrogen-bond donors (Lipinski definition) is 0. The second-order valence-corrected chi connectivity index (χ2v) is 11.7. The van der Waals surface area contributed by atoms with Gasteiger partial charge in [-0.15, -0.1) is 11.8 Å². The first kappa shape index (κ1) is 25.7. The van der Waals surface area contributed by atoms with E-state index in [0.29, 0.717) is 13.2 Å². The van der Waals surface area contributed by atoms with Crippen LogP contribution >= 0.6 is 23.5 Å². The molecule has 1 unspecified atom stereocenters. The summed E-state index contributed by atoms with van der Waals surface area (Å²) in [7, 11) is 0. The van der Waals surface area contributed by atoms with E-state index in [9.17, 15) is 0 Å². The monoisotopic (exact) mass is 542 g/mol. The minimum Gasteiger partial charge on any atom is -0.369 e. The third-order valence-corrected chi connectivity index (χ3v) is 9.34. The van der Waals surface area contributed by atoms with Gasteiger partial charge >= 0.3 is 0 Å². The fraction of sp³-hybridized carbons (Fsp3) is 0.250. The van der Waals surface area contributed by atoms with E-state index in [2.05, 4.69) is 60.7 Å². The van der Waals surface area contributed by atoms with Gasteiger partial charge in [-0.25, -0.2) is 0 Å². The summed E-state index contributed by atoms with van der Waals surface area (Å²) in [5, 5.41) is -0.0120. The Morgan fingerprint density at radius 3 is 1.89 bits per heavy atom. The van der Waals surface area contributed by atoms with Crippen LogP contribution in [-0.4, -0.2) is 35.6 Å². The molecule has 6 atom stereocenters. The van der Waals surface area contributed by atoms with Gasteiger partial charge in [0.2, 0.25) is 0 Å². The SMILES string of the molecule is c1ccc(CO[C@H]2[C@@H]3OC(c4ccccc4)OC[C@H]3O[C@@H](Sc3ccccc3)[C@H]2Sc2ccccc2)cc1. The quantitative estimate of drug-likeness (QED) is 0.232. The van der Waals surface area contributed by atoms with Gasteiger partial charge < -0.3 is 18.9 Å². The van der Waals surface area contributed by atoms with Crippen LogP contribution in [0.25, 0.3) is 0 Å². The molecule has 2 fully saturated rings. The summed E-state index contributed by atoms with van der Waals surface area (Å²) >= 11 is 3.53. The molecule has 6 rings (SSSR count). The molecular formula is C32H30O4S2. The number of rotatable bonds is 8. The van der Waals surface area contributed by atoms with Gasteiger partial charge in [-0.2, -0.15) is 0 Å². The highest BCUT2D eigenvalue weighted by Gasteiger charge is 2.51. The summed E-state index contributed by atoms with van der Waals surface area (Å²) in [6, 6.07) is 41.3. The maximum absolute atomic E-state index is 6.78. The second-order valence-electron chi connectivity index (χ2n) is 9.31. The van der Waals surface area contributed by atoms with Crippen molar-refractivity contribution in [1.29, 1.82) is 0 Å². The first-order valence-corrected chi connectivity index (χ1v) is 14.7. The van der Waals surface area contributed by atoms with Crippen molar-refractivity contribution in [3.8, 4) is 0 Å². The standard InChI is InChI=1S/C32H30O4S2/c1-5-13-23(14-6-1)21-33-29-28-27(22-34-31(36-28)24-15-7-2-8-16-24)35-32(38-26-19-11-4-12-20-26)30(29)37-25-17-9-3-10-18-25/h1-20,27-32H,21-22H2/t27-,28-,29+,30+,31?,32+/m1/s1. The van der Waals surface area contributed by atoms with E-state index >= 15 is 0 Å². The molecule has 4 aromatic rings. The largest absolute Gasteiger partial charge is 0.369 e. The molecule has 0 spiro atoms. The normalized spacial score (nSPS) is 26.9. The first-order chi connectivity index (χ1) is 18.8. The van der Waals surface area contributed by atoms with Crippen molar-refractivity contribution in [3.05, 3.63) is 132 Å². The Morgan fingerprint density at radius 2 is 1.24 bits per heavy atom. The summed E-state index contributed by atoms with van der Waals surface area (Å²) in [5.41, 5.74) is 1.99. The van der Waals surface area contributed by atoms with Crippen molar-refractivity contribution in [2.24, 2.45) is 0 Å². The Hall–Kier alpha value is -2.58. The Bertz CT molecular complexity index is 1260. The van der Waals surface area contributed by atoms with Crippen LogP contribution in [0.3, 0.4) is 0 Å². The predicted molar refractivity (Wildman–Crippen MR) is 152 cm³/mol. The predicted octanol–water partition coefficient (Wildman–Crippen LogP) is 7.36. The Kier molecular flexibility index (Phi) is 8.46. The molecule has 0 amide bonds. The molecule has 0 radical (unpaired) electrons. The highest BCUT2D eigenvalue weighted by molar-refractivity contribution is 8.03. The van der Waals surface area contributed by atoms with Crippen LogP contribution in [0.2, 0.25) is 0 Å². The lowest BCUT2D eigenvalue weighted by Gasteiger charge is -2.49. The molecule has 2 aliphatic heterocycles. The molecular weight excluding hydrogens is 512 g/mol. The van der Waals surface area contributed by atoms with Crippen molar-refractivity contribution >= 4 is 23.5 Å². The first-order valence-electron chi connectivity index (χ1n) is 12.9. The molecule has 6 heteroatoms. The highest BCUT2D eigenvalue weighted by Crippen LogP contribution is 2.46. The summed E-state index contributed by atoms with van der Waals surface area (Å²) in [6.45, 7) is 0.952. The molecule has 38 heavy (non-hydrogen) atoms. The lowest BCUT2D eigenvalue weighted by Crippen LogP contribution is -2.60. The molecule has 0 aromatic heterocycles. The fourth-order valence-corrected chi connectivity index (χ4v) is 7.37. The van der Waals surface area contributed by atoms with Gasteiger partial charge in [0.25, 0.3) is 0 Å². The number of thioether (sulfide) groups is 2. The molecule has 2 heterocycles. The van der Waals surface area contributed by atoms with Crippen molar-refractivity contribution in [1.82, 2.24) is 0 Å². The topological polar surface area (TPSA) is 36.9 Å². The van der Waals surface area contributed by atoms with Crippen LogP contribution < -0.4 is 0 Å². The average Bonchev–Trinajstić information content (AvgIpc) is 2.99. The zero-order valence-electron chi connectivity index (χ0n) is 20.9. The summed E-state index contributed by atoms with van der Waals surface area (Å²) in [5.74, 6) is 0. The van der Waals surface area contributed by atoms with Gasteiger partial charge in [0.15, 0.2) is 6.29 Å².